The highest BCUT2D eigenvalue weighted by Gasteiger charge is 2.22. The van der Waals surface area contributed by atoms with Crippen LogP contribution in [0.4, 0.5) is 4.39 Å². The van der Waals surface area contributed by atoms with Gasteiger partial charge in [-0.15, -0.1) is 11.3 Å². The van der Waals surface area contributed by atoms with Crippen molar-refractivity contribution in [3.63, 3.8) is 0 Å². The molecule has 0 radical (unpaired) electrons. The van der Waals surface area contributed by atoms with Crippen molar-refractivity contribution >= 4 is 28.0 Å². The molecule has 2 aromatic carbocycles. The first kappa shape index (κ1) is 18.1. The maximum absolute atomic E-state index is 13.3. The standard InChI is InChI=1S/C21H16FN3O2S/c1-25-21(27)16-6-3-2-5-15(16)19(24-25)20(26)23-18(17-7-4-12-28-17)13-8-10-14(22)11-9-13/h2-12,18H,1H3,(H,23,26). The molecule has 0 saturated heterocycles. The van der Waals surface area contributed by atoms with E-state index in [1.807, 2.05) is 17.5 Å². The minimum Gasteiger partial charge on any atom is -0.339 e. The molecule has 0 aliphatic carbocycles. The molecule has 0 aliphatic rings. The lowest BCUT2D eigenvalue weighted by molar-refractivity contribution is 0.0938. The van der Waals surface area contributed by atoms with Gasteiger partial charge in [0.05, 0.1) is 11.4 Å². The van der Waals surface area contributed by atoms with Crippen molar-refractivity contribution < 1.29 is 9.18 Å². The Hall–Kier alpha value is -3.32. The van der Waals surface area contributed by atoms with Gasteiger partial charge in [0, 0.05) is 17.3 Å². The molecule has 1 unspecified atom stereocenters. The topological polar surface area (TPSA) is 64.0 Å². The quantitative estimate of drug-likeness (QED) is 0.576. The van der Waals surface area contributed by atoms with Crippen LogP contribution >= 0.6 is 11.3 Å². The number of aryl methyl sites for hydroxylation is 1. The molecular formula is C21H16FN3O2S. The molecule has 2 aromatic heterocycles. The van der Waals surface area contributed by atoms with Gasteiger partial charge in [-0.25, -0.2) is 9.07 Å². The highest BCUT2D eigenvalue weighted by molar-refractivity contribution is 7.10. The maximum atomic E-state index is 13.3. The van der Waals surface area contributed by atoms with Crippen molar-refractivity contribution in [3.05, 3.63) is 98.3 Å². The Labute approximate surface area is 164 Å². The number of thiophene rings is 1. The van der Waals surface area contributed by atoms with Gasteiger partial charge in [-0.1, -0.05) is 36.4 Å². The minimum absolute atomic E-state index is 0.168. The first-order valence-electron chi connectivity index (χ1n) is 8.60. The number of hydrogen-bond acceptors (Lipinski definition) is 4. The van der Waals surface area contributed by atoms with Crippen LogP contribution in [0.1, 0.15) is 27.0 Å². The summed E-state index contributed by atoms with van der Waals surface area (Å²) in [7, 11) is 1.52. The van der Waals surface area contributed by atoms with E-state index in [0.29, 0.717) is 10.8 Å². The second-order valence-electron chi connectivity index (χ2n) is 6.30. The van der Waals surface area contributed by atoms with Crippen molar-refractivity contribution in [2.24, 2.45) is 7.05 Å². The monoisotopic (exact) mass is 393 g/mol. The Morgan fingerprint density at radius 3 is 2.46 bits per heavy atom. The third-order valence-electron chi connectivity index (χ3n) is 4.48. The predicted octanol–water partition coefficient (Wildman–Crippen LogP) is 3.65. The molecule has 28 heavy (non-hydrogen) atoms. The van der Waals surface area contributed by atoms with Crippen molar-refractivity contribution in [1.29, 1.82) is 0 Å². The second kappa shape index (κ2) is 7.36. The van der Waals surface area contributed by atoms with Gasteiger partial charge in [-0.2, -0.15) is 5.10 Å². The predicted molar refractivity (Wildman–Crippen MR) is 107 cm³/mol. The number of nitrogens with one attached hydrogen (secondary N) is 1. The average Bonchev–Trinajstić information content (AvgIpc) is 3.24. The van der Waals surface area contributed by atoms with Gasteiger partial charge < -0.3 is 5.32 Å². The molecule has 7 heteroatoms. The Balaban J connectivity index is 1.77. The molecule has 0 aliphatic heterocycles. The zero-order valence-electron chi connectivity index (χ0n) is 14.9. The number of hydrogen-bond donors (Lipinski definition) is 1. The van der Waals surface area contributed by atoms with Gasteiger partial charge in [-0.05, 0) is 35.2 Å². The summed E-state index contributed by atoms with van der Waals surface area (Å²) < 4.78 is 14.5. The SMILES string of the molecule is Cn1nc(C(=O)NC(c2ccc(F)cc2)c2cccs2)c2ccccc2c1=O. The van der Waals surface area contributed by atoms with Crippen LogP contribution < -0.4 is 10.9 Å². The molecule has 0 fully saturated rings. The smallest absolute Gasteiger partial charge is 0.274 e. The third-order valence-corrected chi connectivity index (χ3v) is 5.42. The van der Waals surface area contributed by atoms with Gasteiger partial charge in [0.1, 0.15) is 5.82 Å². The van der Waals surface area contributed by atoms with Crippen LogP contribution in [-0.4, -0.2) is 15.7 Å². The summed E-state index contributed by atoms with van der Waals surface area (Å²) in [5.74, 6) is -0.750. The zero-order chi connectivity index (χ0) is 19.7. The van der Waals surface area contributed by atoms with E-state index in [2.05, 4.69) is 10.4 Å². The van der Waals surface area contributed by atoms with Crippen molar-refractivity contribution in [3.8, 4) is 0 Å². The molecule has 0 bridgehead atoms. The van der Waals surface area contributed by atoms with Gasteiger partial charge in [-0.3, -0.25) is 9.59 Å². The van der Waals surface area contributed by atoms with Gasteiger partial charge >= 0.3 is 0 Å². The lowest BCUT2D eigenvalue weighted by atomic mass is 10.0. The average molecular weight is 393 g/mol. The number of carbonyl (C=O) groups is 1. The van der Waals surface area contributed by atoms with Crippen molar-refractivity contribution in [2.45, 2.75) is 6.04 Å². The van der Waals surface area contributed by atoms with E-state index in [4.69, 9.17) is 0 Å². The fraction of sp³-hybridized carbons (Fsp3) is 0.0952. The zero-order valence-corrected chi connectivity index (χ0v) is 15.7. The molecule has 2 heterocycles. The summed E-state index contributed by atoms with van der Waals surface area (Å²) in [5, 5.41) is 10.00. The maximum Gasteiger partial charge on any atom is 0.274 e. The molecule has 5 nitrogen and oxygen atoms in total. The van der Waals surface area contributed by atoms with Crippen molar-refractivity contribution in [2.75, 3.05) is 0 Å². The van der Waals surface area contributed by atoms with Crippen LogP contribution in [0.2, 0.25) is 0 Å². The Morgan fingerprint density at radius 1 is 1.07 bits per heavy atom. The number of carbonyl (C=O) groups excluding carboxylic acids is 1. The molecule has 140 valence electrons. The fourth-order valence-electron chi connectivity index (χ4n) is 3.10. The summed E-state index contributed by atoms with van der Waals surface area (Å²) in [6, 6.07) is 16.3. The normalized spacial score (nSPS) is 12.1. The Kier molecular flexibility index (Phi) is 4.75. The molecule has 4 rings (SSSR count). The Morgan fingerprint density at radius 2 is 1.79 bits per heavy atom. The number of aromatic nitrogens is 2. The minimum atomic E-state index is -0.453. The van der Waals surface area contributed by atoms with E-state index in [1.54, 1.807) is 36.4 Å². The second-order valence-corrected chi connectivity index (χ2v) is 7.28. The lowest BCUT2D eigenvalue weighted by Crippen LogP contribution is -2.32. The van der Waals surface area contributed by atoms with Crippen LogP contribution in [0.15, 0.2) is 70.8 Å². The van der Waals surface area contributed by atoms with Gasteiger partial charge in [0.15, 0.2) is 5.69 Å². The molecule has 4 aromatic rings. The van der Waals surface area contributed by atoms with E-state index >= 15 is 0 Å². The van der Waals surface area contributed by atoms with Gasteiger partial charge in [0.25, 0.3) is 11.5 Å². The molecule has 0 spiro atoms. The summed E-state index contributed by atoms with van der Waals surface area (Å²) >= 11 is 1.49. The molecule has 1 N–H and O–H groups in total. The van der Waals surface area contributed by atoms with E-state index in [-0.39, 0.29) is 17.1 Å². The first-order chi connectivity index (χ1) is 13.5. The van der Waals surface area contributed by atoms with Crippen LogP contribution in [0.3, 0.4) is 0 Å². The van der Waals surface area contributed by atoms with E-state index < -0.39 is 11.9 Å². The van der Waals surface area contributed by atoms with E-state index in [0.717, 1.165) is 15.1 Å². The number of halogens is 1. The highest BCUT2D eigenvalue weighted by atomic mass is 32.1. The summed E-state index contributed by atoms with van der Waals surface area (Å²) in [5.41, 5.74) is 0.660. The number of nitrogens with zero attached hydrogens (tertiary/aromatic N) is 2. The number of rotatable bonds is 4. The largest absolute Gasteiger partial charge is 0.339 e. The Bertz CT molecular complexity index is 1200. The first-order valence-corrected chi connectivity index (χ1v) is 9.48. The molecule has 1 atom stereocenters. The van der Waals surface area contributed by atoms with Crippen LogP contribution in [0, 0.1) is 5.82 Å². The van der Waals surface area contributed by atoms with E-state index in [1.165, 1.54) is 30.5 Å². The van der Waals surface area contributed by atoms with Crippen LogP contribution in [-0.2, 0) is 7.05 Å². The number of fused-ring (bicyclic) bond motifs is 1. The van der Waals surface area contributed by atoms with E-state index in [9.17, 15) is 14.0 Å². The third kappa shape index (κ3) is 3.32. The summed E-state index contributed by atoms with van der Waals surface area (Å²) in [6.07, 6.45) is 0. The lowest BCUT2D eigenvalue weighted by Gasteiger charge is -2.18. The highest BCUT2D eigenvalue weighted by Crippen LogP contribution is 2.27. The van der Waals surface area contributed by atoms with Gasteiger partial charge in [0.2, 0.25) is 0 Å². The van der Waals surface area contributed by atoms with Crippen LogP contribution in [0.5, 0.6) is 0 Å². The summed E-state index contributed by atoms with van der Waals surface area (Å²) in [6.45, 7) is 0. The number of amides is 1. The van der Waals surface area contributed by atoms with Crippen LogP contribution in [0.25, 0.3) is 10.8 Å². The number of benzene rings is 2. The summed E-state index contributed by atoms with van der Waals surface area (Å²) in [4.78, 5) is 26.3. The molecular weight excluding hydrogens is 377 g/mol. The van der Waals surface area contributed by atoms with Crippen molar-refractivity contribution in [1.82, 2.24) is 15.1 Å². The molecule has 0 saturated carbocycles. The molecule has 1 amide bonds. The fourth-order valence-corrected chi connectivity index (χ4v) is 3.90.